The van der Waals surface area contributed by atoms with E-state index in [1.54, 1.807) is 49.6 Å². The summed E-state index contributed by atoms with van der Waals surface area (Å²) in [7, 11) is 0. The Kier molecular flexibility index (Phi) is 5.38. The third-order valence-corrected chi connectivity index (χ3v) is 6.17. The fourth-order valence-corrected chi connectivity index (χ4v) is 4.60. The lowest BCUT2D eigenvalue weighted by Crippen LogP contribution is -2.41. The number of benzene rings is 1. The van der Waals surface area contributed by atoms with E-state index < -0.39 is 24.0 Å². The molecule has 1 atom stereocenters. The Morgan fingerprint density at radius 3 is 2.50 bits per heavy atom. The number of carbonyl (C=O) groups excluding carboxylic acids is 3. The average molecular weight is 475 g/mol. The van der Waals surface area contributed by atoms with Crippen LogP contribution in [-0.2, 0) is 10.3 Å². The number of hydrogen-bond acceptors (Lipinski definition) is 5. The molecule has 0 spiro atoms. The summed E-state index contributed by atoms with van der Waals surface area (Å²) in [6, 6.07) is 7.46. The summed E-state index contributed by atoms with van der Waals surface area (Å²) in [4.78, 5) is 39.8. The third-order valence-electron chi connectivity index (χ3n) is 5.62. The van der Waals surface area contributed by atoms with Crippen LogP contribution in [0.15, 0.2) is 34.9 Å². The lowest BCUT2D eigenvalue weighted by Gasteiger charge is -2.23. The van der Waals surface area contributed by atoms with Crippen molar-refractivity contribution in [1.82, 2.24) is 19.9 Å². The molecule has 8 nitrogen and oxygen atoms in total. The van der Waals surface area contributed by atoms with Crippen LogP contribution in [0.1, 0.15) is 40.0 Å². The minimum atomic E-state index is -1.41. The Morgan fingerprint density at radius 1 is 1.16 bits per heavy atom. The van der Waals surface area contributed by atoms with Gasteiger partial charge in [0.15, 0.2) is 11.6 Å². The first-order valence-electron chi connectivity index (χ1n) is 9.78. The largest absolute Gasteiger partial charge is 0.360 e. The zero-order chi connectivity index (χ0) is 23.4. The molecule has 0 saturated carbocycles. The SMILES string of the molecule is Cc1cc(-n2c(C)cc(C(=O)CN3C(=O)NC(C)(c4ccc(Cl)cc4Cl)C3=O)c2C)no1. The highest BCUT2D eigenvalue weighted by Crippen LogP contribution is 2.35. The minimum Gasteiger partial charge on any atom is -0.360 e. The second-order valence-electron chi connectivity index (χ2n) is 7.91. The van der Waals surface area contributed by atoms with Gasteiger partial charge in [0.2, 0.25) is 0 Å². The van der Waals surface area contributed by atoms with Crippen LogP contribution < -0.4 is 5.32 Å². The molecule has 1 saturated heterocycles. The van der Waals surface area contributed by atoms with Crippen molar-refractivity contribution in [3.05, 3.63) is 68.7 Å². The number of amides is 3. The first kappa shape index (κ1) is 22.1. The van der Waals surface area contributed by atoms with Crippen LogP contribution >= 0.6 is 23.2 Å². The van der Waals surface area contributed by atoms with Gasteiger partial charge in [-0.3, -0.25) is 19.1 Å². The maximum Gasteiger partial charge on any atom is 0.325 e. The minimum absolute atomic E-state index is 0.244. The zero-order valence-corrected chi connectivity index (χ0v) is 19.3. The Morgan fingerprint density at radius 2 is 1.88 bits per heavy atom. The molecule has 4 rings (SSSR count). The summed E-state index contributed by atoms with van der Waals surface area (Å²) in [6.45, 7) is 6.52. The van der Waals surface area contributed by atoms with Crippen LogP contribution in [0.2, 0.25) is 10.0 Å². The molecule has 1 unspecified atom stereocenters. The molecule has 0 aliphatic carbocycles. The van der Waals surface area contributed by atoms with E-state index in [1.807, 2.05) is 6.92 Å². The number of carbonyl (C=O) groups is 3. The monoisotopic (exact) mass is 474 g/mol. The van der Waals surface area contributed by atoms with Crippen LogP contribution in [0.3, 0.4) is 0 Å². The molecule has 0 radical (unpaired) electrons. The molecule has 32 heavy (non-hydrogen) atoms. The van der Waals surface area contributed by atoms with Crippen molar-refractivity contribution in [3.8, 4) is 5.82 Å². The van der Waals surface area contributed by atoms with Gasteiger partial charge in [-0.2, -0.15) is 0 Å². The lowest BCUT2D eigenvalue weighted by molar-refractivity contribution is -0.130. The van der Waals surface area contributed by atoms with Crippen LogP contribution in [0.25, 0.3) is 5.82 Å². The fraction of sp³-hybridized carbons (Fsp3) is 0.273. The number of nitrogens with one attached hydrogen (secondary N) is 1. The van der Waals surface area contributed by atoms with Crippen molar-refractivity contribution in [3.63, 3.8) is 0 Å². The quantitative estimate of drug-likeness (QED) is 0.437. The molecule has 166 valence electrons. The molecule has 3 heterocycles. The normalized spacial score (nSPS) is 18.4. The second-order valence-corrected chi connectivity index (χ2v) is 8.75. The summed E-state index contributed by atoms with van der Waals surface area (Å²) >= 11 is 12.2. The maximum atomic E-state index is 13.2. The first-order chi connectivity index (χ1) is 15.0. The Hall–Kier alpha value is -3.10. The van der Waals surface area contributed by atoms with Gasteiger partial charge >= 0.3 is 6.03 Å². The van der Waals surface area contributed by atoms with Crippen LogP contribution in [0.5, 0.6) is 0 Å². The highest BCUT2D eigenvalue weighted by Gasteiger charge is 2.50. The number of nitrogens with zero attached hydrogens (tertiary/aromatic N) is 3. The van der Waals surface area contributed by atoms with Crippen LogP contribution in [-0.4, -0.2) is 38.9 Å². The number of halogens is 2. The molecular weight excluding hydrogens is 455 g/mol. The van der Waals surface area contributed by atoms with E-state index in [0.717, 1.165) is 10.6 Å². The average Bonchev–Trinajstić information content (AvgIpc) is 3.32. The second kappa shape index (κ2) is 7.79. The van der Waals surface area contributed by atoms with E-state index in [1.165, 1.54) is 6.07 Å². The molecule has 0 bridgehead atoms. The summed E-state index contributed by atoms with van der Waals surface area (Å²) in [5.41, 5.74) is 0.789. The molecule has 1 aliphatic heterocycles. The first-order valence-corrected chi connectivity index (χ1v) is 10.5. The van der Waals surface area contributed by atoms with E-state index in [4.69, 9.17) is 27.7 Å². The van der Waals surface area contributed by atoms with Gasteiger partial charge in [0, 0.05) is 38.6 Å². The van der Waals surface area contributed by atoms with E-state index in [2.05, 4.69) is 10.5 Å². The van der Waals surface area contributed by atoms with Crippen molar-refractivity contribution < 1.29 is 18.9 Å². The molecular formula is C22H20Cl2N4O4. The number of imide groups is 1. The van der Waals surface area contributed by atoms with Gasteiger partial charge in [0.05, 0.1) is 6.54 Å². The number of aryl methyl sites for hydroxylation is 2. The standard InChI is InChI=1S/C22H20Cl2N4O4/c1-11-7-15(13(3)28(11)19-8-12(2)32-26-19)18(29)10-27-20(30)22(4,25-21(27)31)16-6-5-14(23)9-17(16)24/h5-9H,10H2,1-4H3,(H,25,31). The van der Waals surface area contributed by atoms with E-state index in [0.29, 0.717) is 33.4 Å². The Balaban J connectivity index is 1.62. The Labute approximate surface area is 194 Å². The number of urea groups is 1. The number of hydrogen-bond donors (Lipinski definition) is 1. The molecule has 1 aliphatic rings. The summed E-state index contributed by atoms with van der Waals surface area (Å²) in [6.07, 6.45) is 0. The highest BCUT2D eigenvalue weighted by molar-refractivity contribution is 6.35. The van der Waals surface area contributed by atoms with Gasteiger partial charge in [0.1, 0.15) is 11.3 Å². The molecule has 1 N–H and O–H groups in total. The van der Waals surface area contributed by atoms with Crippen molar-refractivity contribution >= 4 is 40.9 Å². The Bertz CT molecular complexity index is 1280. The molecule has 2 aromatic heterocycles. The predicted octanol–water partition coefficient (Wildman–Crippen LogP) is 4.35. The molecule has 10 heteroatoms. The molecule has 1 fully saturated rings. The van der Waals surface area contributed by atoms with E-state index >= 15 is 0 Å². The van der Waals surface area contributed by atoms with Crippen LogP contribution in [0.4, 0.5) is 4.79 Å². The number of aromatic nitrogens is 2. The summed E-state index contributed by atoms with van der Waals surface area (Å²) in [5, 5.41) is 7.30. The predicted molar refractivity (Wildman–Crippen MR) is 118 cm³/mol. The van der Waals surface area contributed by atoms with Crippen molar-refractivity contribution in [2.24, 2.45) is 0 Å². The smallest absolute Gasteiger partial charge is 0.325 e. The van der Waals surface area contributed by atoms with Gasteiger partial charge in [-0.05, 0) is 45.9 Å². The van der Waals surface area contributed by atoms with Gasteiger partial charge < -0.3 is 9.84 Å². The van der Waals surface area contributed by atoms with Gasteiger partial charge in [-0.1, -0.05) is 34.4 Å². The van der Waals surface area contributed by atoms with Crippen molar-refractivity contribution in [2.75, 3.05) is 6.54 Å². The van der Waals surface area contributed by atoms with Crippen molar-refractivity contribution in [1.29, 1.82) is 0 Å². The molecule has 3 aromatic rings. The lowest BCUT2D eigenvalue weighted by atomic mass is 9.92. The fourth-order valence-electron chi connectivity index (χ4n) is 4.00. The van der Waals surface area contributed by atoms with Gasteiger partial charge in [0.25, 0.3) is 5.91 Å². The topological polar surface area (TPSA) is 97.4 Å². The van der Waals surface area contributed by atoms with E-state index in [9.17, 15) is 14.4 Å². The number of ketones is 1. The number of Topliss-reactive ketones (excluding diaryl/α,β-unsaturated/α-hetero) is 1. The zero-order valence-electron chi connectivity index (χ0n) is 17.8. The third kappa shape index (κ3) is 3.49. The summed E-state index contributed by atoms with van der Waals surface area (Å²) < 4.78 is 6.92. The van der Waals surface area contributed by atoms with E-state index in [-0.39, 0.29) is 10.8 Å². The molecule has 3 amide bonds. The highest BCUT2D eigenvalue weighted by atomic mass is 35.5. The maximum absolute atomic E-state index is 13.2. The van der Waals surface area contributed by atoms with Gasteiger partial charge in [-0.15, -0.1) is 0 Å². The summed E-state index contributed by atoms with van der Waals surface area (Å²) in [5.74, 6) is 0.247. The number of rotatable bonds is 5. The van der Waals surface area contributed by atoms with Crippen LogP contribution in [0, 0.1) is 20.8 Å². The van der Waals surface area contributed by atoms with Gasteiger partial charge in [-0.25, -0.2) is 4.79 Å². The molecule has 1 aromatic carbocycles. The van der Waals surface area contributed by atoms with Crippen molar-refractivity contribution in [2.45, 2.75) is 33.2 Å².